The number of hydroxylamine groups is 1. The minimum atomic E-state index is -0.536. The molecule has 2 rings (SSSR count). The lowest BCUT2D eigenvalue weighted by atomic mass is 10.1. The summed E-state index contributed by atoms with van der Waals surface area (Å²) in [6.45, 7) is 0.145. The van der Waals surface area contributed by atoms with Crippen molar-refractivity contribution in [1.82, 2.24) is 20.9 Å². The van der Waals surface area contributed by atoms with E-state index in [0.717, 1.165) is 11.3 Å². The third kappa shape index (κ3) is 3.12. The van der Waals surface area contributed by atoms with Crippen LogP contribution in [-0.4, -0.2) is 27.9 Å². The first kappa shape index (κ1) is 12.2. The van der Waals surface area contributed by atoms with E-state index in [0.29, 0.717) is 12.2 Å². The van der Waals surface area contributed by atoms with Crippen LogP contribution in [0.15, 0.2) is 30.3 Å². The SMILES string of the molecule is NC(=O)CONCc1n[nH]nc1-c1ccccc1. The highest BCUT2D eigenvalue weighted by atomic mass is 16.6. The quantitative estimate of drug-likeness (QED) is 0.491. The first-order valence-corrected chi connectivity index (χ1v) is 5.35. The third-order valence-corrected chi connectivity index (χ3v) is 2.22. The number of rotatable bonds is 6. The number of aromatic nitrogens is 3. The van der Waals surface area contributed by atoms with E-state index in [1.807, 2.05) is 30.3 Å². The van der Waals surface area contributed by atoms with Crippen molar-refractivity contribution in [2.24, 2.45) is 5.73 Å². The summed E-state index contributed by atoms with van der Waals surface area (Å²) in [5.74, 6) is -0.536. The number of nitrogens with zero attached hydrogens (tertiary/aromatic N) is 2. The van der Waals surface area contributed by atoms with Crippen molar-refractivity contribution >= 4 is 5.91 Å². The summed E-state index contributed by atoms with van der Waals surface area (Å²) in [6, 6.07) is 9.64. The van der Waals surface area contributed by atoms with Crippen LogP contribution in [0.5, 0.6) is 0 Å². The van der Waals surface area contributed by atoms with Gasteiger partial charge in [0.05, 0.1) is 6.54 Å². The van der Waals surface area contributed by atoms with E-state index in [9.17, 15) is 4.79 Å². The van der Waals surface area contributed by atoms with Gasteiger partial charge in [0, 0.05) is 5.56 Å². The molecule has 0 spiro atoms. The number of amides is 1. The van der Waals surface area contributed by atoms with Crippen LogP contribution in [0.3, 0.4) is 0 Å². The highest BCUT2D eigenvalue weighted by Crippen LogP contribution is 2.18. The lowest BCUT2D eigenvalue weighted by Crippen LogP contribution is -2.24. The maximum absolute atomic E-state index is 10.5. The standard InChI is InChI=1S/C11H13N5O2/c12-10(17)7-18-13-6-9-11(15-16-14-9)8-4-2-1-3-5-8/h1-5,13H,6-7H2,(H2,12,17)(H,14,15,16). The van der Waals surface area contributed by atoms with E-state index in [-0.39, 0.29) is 6.61 Å². The summed E-state index contributed by atoms with van der Waals surface area (Å²) in [4.78, 5) is 15.3. The van der Waals surface area contributed by atoms with Gasteiger partial charge in [-0.25, -0.2) is 0 Å². The van der Waals surface area contributed by atoms with E-state index >= 15 is 0 Å². The Hall–Kier alpha value is -2.25. The molecule has 1 aromatic heterocycles. The molecule has 94 valence electrons. The van der Waals surface area contributed by atoms with Crippen LogP contribution in [0.25, 0.3) is 11.3 Å². The molecule has 7 heteroatoms. The normalized spacial score (nSPS) is 10.4. The van der Waals surface area contributed by atoms with E-state index < -0.39 is 5.91 Å². The molecule has 7 nitrogen and oxygen atoms in total. The zero-order valence-corrected chi connectivity index (χ0v) is 9.59. The van der Waals surface area contributed by atoms with Crippen molar-refractivity contribution in [2.45, 2.75) is 6.54 Å². The largest absolute Gasteiger partial charge is 0.368 e. The lowest BCUT2D eigenvalue weighted by molar-refractivity contribution is -0.125. The minimum absolute atomic E-state index is 0.182. The van der Waals surface area contributed by atoms with E-state index in [1.165, 1.54) is 0 Å². The Balaban J connectivity index is 1.98. The van der Waals surface area contributed by atoms with Crippen molar-refractivity contribution in [2.75, 3.05) is 6.61 Å². The zero-order valence-electron chi connectivity index (χ0n) is 9.59. The monoisotopic (exact) mass is 247 g/mol. The number of nitrogens with one attached hydrogen (secondary N) is 2. The molecule has 2 aromatic rings. The zero-order chi connectivity index (χ0) is 12.8. The van der Waals surface area contributed by atoms with Gasteiger partial charge >= 0.3 is 0 Å². The number of H-pyrrole nitrogens is 1. The van der Waals surface area contributed by atoms with Crippen LogP contribution in [-0.2, 0) is 16.2 Å². The Morgan fingerprint density at radius 2 is 2.11 bits per heavy atom. The third-order valence-electron chi connectivity index (χ3n) is 2.22. The van der Waals surface area contributed by atoms with Crippen molar-refractivity contribution in [1.29, 1.82) is 0 Å². The molecule has 0 aliphatic heterocycles. The first-order valence-electron chi connectivity index (χ1n) is 5.35. The van der Waals surface area contributed by atoms with E-state index in [2.05, 4.69) is 20.9 Å². The molecule has 0 aliphatic rings. The average molecular weight is 247 g/mol. The number of benzene rings is 1. The van der Waals surface area contributed by atoms with Crippen LogP contribution in [0.2, 0.25) is 0 Å². The van der Waals surface area contributed by atoms with Gasteiger partial charge in [0.1, 0.15) is 18.0 Å². The second-order valence-corrected chi connectivity index (χ2v) is 3.56. The molecule has 1 heterocycles. The van der Waals surface area contributed by atoms with Gasteiger partial charge in [0.15, 0.2) is 0 Å². The summed E-state index contributed by atoms with van der Waals surface area (Å²) in [7, 11) is 0. The molecule has 0 atom stereocenters. The highest BCUT2D eigenvalue weighted by Gasteiger charge is 2.09. The molecule has 0 bridgehead atoms. The Morgan fingerprint density at radius 1 is 1.33 bits per heavy atom. The fourth-order valence-corrected chi connectivity index (χ4v) is 1.44. The van der Waals surface area contributed by atoms with Crippen LogP contribution in [0, 0.1) is 0 Å². The maximum atomic E-state index is 10.5. The van der Waals surface area contributed by atoms with Crippen LogP contribution < -0.4 is 11.2 Å². The molecule has 4 N–H and O–H groups in total. The molecule has 0 unspecified atom stereocenters. The highest BCUT2D eigenvalue weighted by molar-refractivity contribution is 5.74. The molecule has 1 aromatic carbocycles. The Kier molecular flexibility index (Phi) is 4.00. The Bertz CT molecular complexity index is 511. The number of hydrogen-bond donors (Lipinski definition) is 3. The molecule has 18 heavy (non-hydrogen) atoms. The van der Waals surface area contributed by atoms with Gasteiger partial charge in [-0.05, 0) is 0 Å². The molecular weight excluding hydrogens is 234 g/mol. The fourth-order valence-electron chi connectivity index (χ4n) is 1.44. The number of primary amides is 1. The predicted molar refractivity (Wildman–Crippen MR) is 63.8 cm³/mol. The van der Waals surface area contributed by atoms with Crippen molar-refractivity contribution in [3.05, 3.63) is 36.0 Å². The smallest absolute Gasteiger partial charge is 0.245 e. The van der Waals surface area contributed by atoms with Crippen molar-refractivity contribution in [3.8, 4) is 11.3 Å². The Morgan fingerprint density at radius 3 is 2.83 bits per heavy atom. The molecule has 0 saturated carbocycles. The predicted octanol–water partition coefficient (Wildman–Crippen LogP) is -0.0218. The van der Waals surface area contributed by atoms with Gasteiger partial charge in [-0.1, -0.05) is 30.3 Å². The first-order chi connectivity index (χ1) is 8.77. The number of carbonyl (C=O) groups is 1. The van der Waals surface area contributed by atoms with Crippen LogP contribution in [0.1, 0.15) is 5.69 Å². The van der Waals surface area contributed by atoms with Gasteiger partial charge in [-0.15, -0.1) is 0 Å². The number of carbonyl (C=O) groups excluding carboxylic acids is 1. The molecule has 0 radical (unpaired) electrons. The van der Waals surface area contributed by atoms with Gasteiger partial charge in [-0.3, -0.25) is 9.63 Å². The molecule has 1 amide bonds. The summed E-state index contributed by atoms with van der Waals surface area (Å²) >= 11 is 0. The van der Waals surface area contributed by atoms with E-state index in [4.69, 9.17) is 10.6 Å². The Labute approximate surface area is 103 Å². The summed E-state index contributed by atoms with van der Waals surface area (Å²) < 4.78 is 0. The number of nitrogens with two attached hydrogens (primary N) is 1. The average Bonchev–Trinajstić information content (AvgIpc) is 2.84. The second kappa shape index (κ2) is 5.89. The topological polar surface area (TPSA) is 106 Å². The minimum Gasteiger partial charge on any atom is -0.368 e. The number of hydrogen-bond acceptors (Lipinski definition) is 5. The molecular formula is C11H13N5O2. The summed E-state index contributed by atoms with van der Waals surface area (Å²) in [5, 5.41) is 10.7. The van der Waals surface area contributed by atoms with Crippen LogP contribution >= 0.6 is 0 Å². The second-order valence-electron chi connectivity index (χ2n) is 3.56. The van der Waals surface area contributed by atoms with Crippen molar-refractivity contribution in [3.63, 3.8) is 0 Å². The molecule has 0 saturated heterocycles. The molecule has 0 fully saturated rings. The van der Waals surface area contributed by atoms with E-state index in [1.54, 1.807) is 0 Å². The maximum Gasteiger partial charge on any atom is 0.245 e. The molecule has 0 aliphatic carbocycles. The fraction of sp³-hybridized carbons (Fsp3) is 0.182. The summed E-state index contributed by atoms with van der Waals surface area (Å²) in [5.41, 5.74) is 9.94. The van der Waals surface area contributed by atoms with Crippen LogP contribution in [0.4, 0.5) is 0 Å². The summed E-state index contributed by atoms with van der Waals surface area (Å²) in [6.07, 6.45) is 0. The van der Waals surface area contributed by atoms with Gasteiger partial charge in [0.2, 0.25) is 5.91 Å². The number of aromatic amines is 1. The van der Waals surface area contributed by atoms with Gasteiger partial charge in [-0.2, -0.15) is 20.9 Å². The van der Waals surface area contributed by atoms with Gasteiger partial charge in [0.25, 0.3) is 0 Å². The van der Waals surface area contributed by atoms with Gasteiger partial charge < -0.3 is 5.73 Å². The lowest BCUT2D eigenvalue weighted by Gasteiger charge is -2.03. The van der Waals surface area contributed by atoms with Crippen molar-refractivity contribution < 1.29 is 9.63 Å².